The van der Waals surface area contributed by atoms with Gasteiger partial charge in [-0.15, -0.1) is 10.2 Å². The van der Waals surface area contributed by atoms with Crippen LogP contribution in [0.15, 0.2) is 47.4 Å². The molecule has 1 unspecified atom stereocenters. The highest BCUT2D eigenvalue weighted by Gasteiger charge is 2.26. The number of aromatic nitrogens is 3. The van der Waals surface area contributed by atoms with Crippen molar-refractivity contribution in [3.8, 4) is 11.4 Å². The minimum Gasteiger partial charge on any atom is -0.315 e. The molecule has 176 valence electrons. The van der Waals surface area contributed by atoms with E-state index in [9.17, 15) is 8.42 Å². The van der Waals surface area contributed by atoms with E-state index in [2.05, 4.69) is 45.6 Å². The van der Waals surface area contributed by atoms with Gasteiger partial charge in [-0.3, -0.25) is 4.72 Å². The van der Waals surface area contributed by atoms with Crippen molar-refractivity contribution in [1.29, 1.82) is 0 Å². The lowest BCUT2D eigenvalue weighted by atomic mass is 9.87. The van der Waals surface area contributed by atoms with Crippen LogP contribution in [0.25, 0.3) is 11.4 Å². The van der Waals surface area contributed by atoms with Crippen molar-refractivity contribution in [1.82, 2.24) is 20.1 Å². The van der Waals surface area contributed by atoms with Gasteiger partial charge in [0.1, 0.15) is 5.82 Å². The highest BCUT2D eigenvalue weighted by Crippen LogP contribution is 2.34. The number of benzene rings is 2. The zero-order chi connectivity index (χ0) is 23.8. The number of aryl methyl sites for hydroxylation is 1. The minimum absolute atomic E-state index is 0.0603. The SMILES string of the molecule is CCc1nnc(-c2cc(Cl)ccc2NS(=O)(=O)c2ccc(C(C)(C)C)cc2)n1C1CCNC1. The second-order valence-corrected chi connectivity index (χ2v) is 11.5. The van der Waals surface area contributed by atoms with Gasteiger partial charge in [-0.05, 0) is 54.3 Å². The standard InChI is InChI=1S/C24H30ClN5O2S/c1-5-22-27-28-23(30(22)18-12-13-26-15-18)20-14-17(25)8-11-21(20)29-33(31,32)19-9-6-16(7-10-19)24(2,3)4/h6-11,14,18,26,29H,5,12-13,15H2,1-4H3. The summed E-state index contributed by atoms with van der Waals surface area (Å²) in [5.41, 5.74) is 2.03. The molecule has 0 saturated carbocycles. The Bertz CT molecular complexity index is 1240. The summed E-state index contributed by atoms with van der Waals surface area (Å²) < 4.78 is 31.3. The van der Waals surface area contributed by atoms with E-state index in [1.165, 1.54) is 0 Å². The Morgan fingerprint density at radius 2 is 1.88 bits per heavy atom. The van der Waals surface area contributed by atoms with E-state index in [0.29, 0.717) is 22.1 Å². The fourth-order valence-corrected chi connectivity index (χ4v) is 5.37. The normalized spacial score (nSPS) is 16.8. The Hall–Kier alpha value is -2.42. The third kappa shape index (κ3) is 4.93. The molecular formula is C24H30ClN5O2S. The van der Waals surface area contributed by atoms with Crippen molar-refractivity contribution in [2.75, 3.05) is 17.8 Å². The fraction of sp³-hybridized carbons (Fsp3) is 0.417. The van der Waals surface area contributed by atoms with Gasteiger partial charge in [-0.1, -0.05) is 51.4 Å². The highest BCUT2D eigenvalue weighted by molar-refractivity contribution is 7.92. The van der Waals surface area contributed by atoms with Gasteiger partial charge in [0.15, 0.2) is 5.82 Å². The number of rotatable bonds is 6. The highest BCUT2D eigenvalue weighted by atomic mass is 35.5. The van der Waals surface area contributed by atoms with Crippen LogP contribution >= 0.6 is 11.6 Å². The molecular weight excluding hydrogens is 458 g/mol. The molecule has 2 heterocycles. The lowest BCUT2D eigenvalue weighted by molar-refractivity contribution is 0.529. The van der Waals surface area contributed by atoms with E-state index in [4.69, 9.17) is 11.6 Å². The zero-order valence-electron chi connectivity index (χ0n) is 19.4. The van der Waals surface area contributed by atoms with Crippen LogP contribution in [0.1, 0.15) is 51.5 Å². The Kier molecular flexibility index (Phi) is 6.53. The Morgan fingerprint density at radius 1 is 1.15 bits per heavy atom. The Labute approximate surface area is 200 Å². The van der Waals surface area contributed by atoms with Crippen LogP contribution in [0.2, 0.25) is 5.02 Å². The molecule has 3 aromatic rings. The number of sulfonamides is 1. The molecule has 0 aliphatic carbocycles. The lowest BCUT2D eigenvalue weighted by Gasteiger charge is -2.20. The van der Waals surface area contributed by atoms with Gasteiger partial charge in [0, 0.05) is 23.6 Å². The molecule has 0 bridgehead atoms. The Morgan fingerprint density at radius 3 is 2.48 bits per heavy atom. The van der Waals surface area contributed by atoms with Crippen LogP contribution in [0.5, 0.6) is 0 Å². The Balaban J connectivity index is 1.74. The number of hydrogen-bond donors (Lipinski definition) is 2. The van der Waals surface area contributed by atoms with Crippen LogP contribution in [-0.4, -0.2) is 36.3 Å². The number of halogens is 1. The third-order valence-corrected chi connectivity index (χ3v) is 7.60. The van der Waals surface area contributed by atoms with Crippen LogP contribution in [0, 0.1) is 0 Å². The molecule has 2 aromatic carbocycles. The van der Waals surface area contributed by atoms with E-state index in [0.717, 1.165) is 37.3 Å². The van der Waals surface area contributed by atoms with Crippen LogP contribution in [0.4, 0.5) is 5.69 Å². The van der Waals surface area contributed by atoms with Gasteiger partial charge in [0.05, 0.1) is 16.6 Å². The summed E-state index contributed by atoms with van der Waals surface area (Å²) in [5.74, 6) is 1.48. The first-order valence-electron chi connectivity index (χ1n) is 11.2. The maximum Gasteiger partial charge on any atom is 0.261 e. The second-order valence-electron chi connectivity index (χ2n) is 9.38. The summed E-state index contributed by atoms with van der Waals surface area (Å²) in [6.45, 7) is 10.1. The molecule has 1 fully saturated rings. The molecule has 1 atom stereocenters. The monoisotopic (exact) mass is 487 g/mol. The number of nitrogens with one attached hydrogen (secondary N) is 2. The molecule has 9 heteroatoms. The largest absolute Gasteiger partial charge is 0.315 e. The van der Waals surface area contributed by atoms with Gasteiger partial charge < -0.3 is 9.88 Å². The first-order valence-corrected chi connectivity index (χ1v) is 13.0. The maximum absolute atomic E-state index is 13.2. The minimum atomic E-state index is -3.81. The van der Waals surface area contributed by atoms with E-state index in [1.54, 1.807) is 30.3 Å². The van der Waals surface area contributed by atoms with Crippen LogP contribution < -0.4 is 10.0 Å². The molecule has 0 amide bonds. The van der Waals surface area contributed by atoms with E-state index in [1.807, 2.05) is 19.1 Å². The van der Waals surface area contributed by atoms with E-state index < -0.39 is 10.0 Å². The average molecular weight is 488 g/mol. The first kappa shape index (κ1) is 23.7. The molecule has 1 saturated heterocycles. The number of nitrogens with zero attached hydrogens (tertiary/aromatic N) is 3. The summed E-state index contributed by atoms with van der Waals surface area (Å²) in [5, 5.41) is 12.7. The van der Waals surface area contributed by atoms with Crippen molar-refractivity contribution in [2.45, 2.75) is 56.9 Å². The van der Waals surface area contributed by atoms with Gasteiger partial charge in [0.2, 0.25) is 0 Å². The molecule has 1 aliphatic rings. The molecule has 0 spiro atoms. The van der Waals surface area contributed by atoms with Crippen molar-refractivity contribution < 1.29 is 8.42 Å². The molecule has 1 aliphatic heterocycles. The van der Waals surface area contributed by atoms with Gasteiger partial charge >= 0.3 is 0 Å². The molecule has 2 N–H and O–H groups in total. The molecule has 33 heavy (non-hydrogen) atoms. The zero-order valence-corrected chi connectivity index (χ0v) is 21.0. The summed E-state index contributed by atoms with van der Waals surface area (Å²) in [6, 6.07) is 12.3. The van der Waals surface area contributed by atoms with Crippen LogP contribution in [-0.2, 0) is 21.9 Å². The maximum atomic E-state index is 13.2. The van der Waals surface area contributed by atoms with Crippen molar-refractivity contribution in [2.24, 2.45) is 0 Å². The summed E-state index contributed by atoms with van der Waals surface area (Å²) in [4.78, 5) is 0.201. The van der Waals surface area contributed by atoms with Crippen molar-refractivity contribution in [3.05, 3.63) is 58.9 Å². The molecule has 1 aromatic heterocycles. The smallest absolute Gasteiger partial charge is 0.261 e. The van der Waals surface area contributed by atoms with E-state index in [-0.39, 0.29) is 16.4 Å². The summed E-state index contributed by atoms with van der Waals surface area (Å²) >= 11 is 6.32. The predicted octanol–water partition coefficient (Wildman–Crippen LogP) is 4.79. The average Bonchev–Trinajstić information content (AvgIpc) is 3.43. The van der Waals surface area contributed by atoms with Crippen molar-refractivity contribution >= 4 is 27.3 Å². The molecule has 4 rings (SSSR count). The first-order chi connectivity index (χ1) is 15.6. The number of hydrogen-bond acceptors (Lipinski definition) is 5. The second kappa shape index (κ2) is 9.08. The van der Waals surface area contributed by atoms with Crippen molar-refractivity contribution in [3.63, 3.8) is 0 Å². The predicted molar refractivity (Wildman–Crippen MR) is 132 cm³/mol. The summed E-state index contributed by atoms with van der Waals surface area (Å²) in [6.07, 6.45) is 1.69. The van der Waals surface area contributed by atoms with Gasteiger partial charge in [0.25, 0.3) is 10.0 Å². The van der Waals surface area contributed by atoms with Gasteiger partial charge in [-0.2, -0.15) is 0 Å². The lowest BCUT2D eigenvalue weighted by Crippen LogP contribution is -2.18. The third-order valence-electron chi connectivity index (χ3n) is 5.98. The fourth-order valence-electron chi connectivity index (χ4n) is 4.12. The van der Waals surface area contributed by atoms with E-state index >= 15 is 0 Å². The quantitative estimate of drug-likeness (QED) is 0.521. The summed E-state index contributed by atoms with van der Waals surface area (Å²) in [7, 11) is -3.81. The van der Waals surface area contributed by atoms with Crippen LogP contribution in [0.3, 0.4) is 0 Å². The molecule has 0 radical (unpaired) electrons. The number of anilines is 1. The topological polar surface area (TPSA) is 88.9 Å². The van der Waals surface area contributed by atoms with Gasteiger partial charge in [-0.25, -0.2) is 8.42 Å². The molecule has 7 nitrogen and oxygen atoms in total.